The summed E-state index contributed by atoms with van der Waals surface area (Å²) in [6.45, 7) is 1.72. The molecule has 2 aromatic carbocycles. The summed E-state index contributed by atoms with van der Waals surface area (Å²) in [4.78, 5) is -0.933. The summed E-state index contributed by atoms with van der Waals surface area (Å²) in [6, 6.07) is 19.2. The maximum absolute atomic E-state index is 9.10. The number of hydrogen-bond acceptors (Lipinski definition) is 2. The number of oxime groups is 1. The van der Waals surface area contributed by atoms with Crippen LogP contribution in [0.5, 0.6) is 0 Å². The summed E-state index contributed by atoms with van der Waals surface area (Å²) in [6.07, 6.45) is 0. The van der Waals surface area contributed by atoms with E-state index < -0.39 is 4.87 Å². The Morgan fingerprint density at radius 2 is 1.33 bits per heavy atom. The molecule has 0 unspecified atom stereocenters. The fourth-order valence-electron chi connectivity index (χ4n) is 1.99. The van der Waals surface area contributed by atoms with Crippen molar-refractivity contribution in [2.75, 3.05) is 0 Å². The van der Waals surface area contributed by atoms with E-state index in [1.807, 2.05) is 60.7 Å². The molecule has 92 valence electrons. The third kappa shape index (κ3) is 2.12. The largest absolute Gasteiger partial charge is 0.411 e. The van der Waals surface area contributed by atoms with Crippen LogP contribution in [-0.4, -0.2) is 10.9 Å². The molecule has 0 aliphatic carbocycles. The van der Waals surface area contributed by atoms with Crippen molar-refractivity contribution >= 4 is 17.3 Å². The van der Waals surface area contributed by atoms with Crippen LogP contribution in [0.15, 0.2) is 65.8 Å². The molecule has 0 atom stereocenters. The number of benzene rings is 2. The third-order valence-electron chi connectivity index (χ3n) is 2.99. The summed E-state index contributed by atoms with van der Waals surface area (Å²) in [5, 5.41) is 12.4. The Morgan fingerprint density at radius 1 is 0.944 bits per heavy atom. The van der Waals surface area contributed by atoms with E-state index in [0.29, 0.717) is 5.71 Å². The molecule has 0 amide bonds. The second kappa shape index (κ2) is 5.23. The van der Waals surface area contributed by atoms with Crippen LogP contribution in [0.3, 0.4) is 0 Å². The Kier molecular flexibility index (Phi) is 3.68. The molecule has 0 aromatic heterocycles. The van der Waals surface area contributed by atoms with Crippen LogP contribution in [0.1, 0.15) is 18.1 Å². The van der Waals surface area contributed by atoms with Gasteiger partial charge in [-0.15, -0.1) is 11.6 Å². The number of nitrogens with zero attached hydrogens (tertiary/aromatic N) is 1. The molecule has 2 nitrogen and oxygen atoms in total. The first-order valence-electron chi connectivity index (χ1n) is 5.68. The topological polar surface area (TPSA) is 32.6 Å². The molecule has 0 saturated heterocycles. The van der Waals surface area contributed by atoms with E-state index in [1.165, 1.54) is 0 Å². The number of rotatable bonds is 3. The summed E-state index contributed by atoms with van der Waals surface area (Å²) in [7, 11) is 0. The van der Waals surface area contributed by atoms with Gasteiger partial charge in [0.25, 0.3) is 0 Å². The van der Waals surface area contributed by atoms with Gasteiger partial charge in [0.15, 0.2) is 0 Å². The highest BCUT2D eigenvalue weighted by Crippen LogP contribution is 2.37. The van der Waals surface area contributed by atoms with Crippen molar-refractivity contribution in [3.05, 3.63) is 71.8 Å². The molecule has 1 N–H and O–H groups in total. The molecule has 2 aromatic rings. The lowest BCUT2D eigenvalue weighted by Gasteiger charge is -2.27. The summed E-state index contributed by atoms with van der Waals surface area (Å²) < 4.78 is 0. The Labute approximate surface area is 112 Å². The molecule has 0 radical (unpaired) electrons. The normalized spacial score (nSPS) is 12.4. The van der Waals surface area contributed by atoms with Crippen molar-refractivity contribution in [2.45, 2.75) is 11.8 Å². The molecule has 0 aliphatic heterocycles. The van der Waals surface area contributed by atoms with Crippen molar-refractivity contribution in [1.29, 1.82) is 0 Å². The van der Waals surface area contributed by atoms with E-state index in [-0.39, 0.29) is 0 Å². The zero-order valence-electron chi connectivity index (χ0n) is 10.0. The molecule has 3 heteroatoms. The summed E-state index contributed by atoms with van der Waals surface area (Å²) in [5.74, 6) is 0. The van der Waals surface area contributed by atoms with Gasteiger partial charge in [-0.2, -0.15) is 0 Å². The number of halogens is 1. The highest BCUT2D eigenvalue weighted by atomic mass is 35.5. The molecular weight excluding hydrogens is 246 g/mol. The van der Waals surface area contributed by atoms with Gasteiger partial charge in [-0.3, -0.25) is 0 Å². The minimum Gasteiger partial charge on any atom is -0.411 e. The molecule has 18 heavy (non-hydrogen) atoms. The first-order valence-corrected chi connectivity index (χ1v) is 6.06. The van der Waals surface area contributed by atoms with Crippen molar-refractivity contribution < 1.29 is 5.21 Å². The quantitative estimate of drug-likeness (QED) is 0.384. The van der Waals surface area contributed by atoms with E-state index in [2.05, 4.69) is 5.16 Å². The van der Waals surface area contributed by atoms with Crippen LogP contribution in [0.25, 0.3) is 0 Å². The van der Waals surface area contributed by atoms with Crippen molar-refractivity contribution in [3.63, 3.8) is 0 Å². The van der Waals surface area contributed by atoms with Crippen molar-refractivity contribution in [2.24, 2.45) is 5.16 Å². The highest BCUT2D eigenvalue weighted by Gasteiger charge is 2.35. The van der Waals surface area contributed by atoms with E-state index in [9.17, 15) is 0 Å². The monoisotopic (exact) mass is 259 g/mol. The highest BCUT2D eigenvalue weighted by molar-refractivity contribution is 6.37. The average molecular weight is 260 g/mol. The van der Waals surface area contributed by atoms with Crippen molar-refractivity contribution in [3.8, 4) is 0 Å². The van der Waals surface area contributed by atoms with Gasteiger partial charge < -0.3 is 5.21 Å². The summed E-state index contributed by atoms with van der Waals surface area (Å²) in [5.41, 5.74) is 2.21. The van der Waals surface area contributed by atoms with Gasteiger partial charge in [-0.1, -0.05) is 65.8 Å². The zero-order chi connectivity index (χ0) is 13.0. The first kappa shape index (κ1) is 12.7. The van der Waals surface area contributed by atoms with E-state index in [0.717, 1.165) is 11.1 Å². The van der Waals surface area contributed by atoms with Gasteiger partial charge in [0.1, 0.15) is 4.87 Å². The molecule has 2 rings (SSSR count). The maximum atomic E-state index is 9.10. The lowest BCUT2D eigenvalue weighted by Crippen LogP contribution is -2.29. The standard InChI is InChI=1S/C15H14ClNO/c1-12(17-18)15(16,13-8-4-2-5-9-13)14-10-6-3-7-11-14/h2-11,18H,1H3. The number of alkyl halides is 1. The van der Waals surface area contributed by atoms with Crippen LogP contribution < -0.4 is 0 Å². The first-order chi connectivity index (χ1) is 8.69. The fraction of sp³-hybridized carbons (Fsp3) is 0.133. The Morgan fingerprint density at radius 3 is 1.67 bits per heavy atom. The van der Waals surface area contributed by atoms with E-state index in [4.69, 9.17) is 16.8 Å². The molecule has 0 spiro atoms. The van der Waals surface area contributed by atoms with Crippen LogP contribution >= 0.6 is 11.6 Å². The van der Waals surface area contributed by atoms with Crippen LogP contribution in [-0.2, 0) is 4.87 Å². The van der Waals surface area contributed by atoms with Gasteiger partial charge in [0.2, 0.25) is 0 Å². The predicted octanol–water partition coefficient (Wildman–Crippen LogP) is 4.02. The molecule has 0 bridgehead atoms. The Hall–Kier alpha value is -1.80. The molecule has 0 saturated carbocycles. The van der Waals surface area contributed by atoms with Gasteiger partial charge in [-0.05, 0) is 18.1 Å². The van der Waals surface area contributed by atoms with E-state index in [1.54, 1.807) is 6.92 Å². The Balaban J connectivity index is 2.63. The summed E-state index contributed by atoms with van der Waals surface area (Å²) >= 11 is 6.75. The molecule has 0 heterocycles. The Bertz CT molecular complexity index is 497. The van der Waals surface area contributed by atoms with Gasteiger partial charge in [0, 0.05) is 0 Å². The van der Waals surface area contributed by atoms with E-state index >= 15 is 0 Å². The lowest BCUT2D eigenvalue weighted by atomic mass is 9.87. The van der Waals surface area contributed by atoms with Crippen LogP contribution in [0.2, 0.25) is 0 Å². The predicted molar refractivity (Wildman–Crippen MR) is 74.4 cm³/mol. The van der Waals surface area contributed by atoms with Crippen LogP contribution in [0.4, 0.5) is 0 Å². The smallest absolute Gasteiger partial charge is 0.135 e. The van der Waals surface area contributed by atoms with Crippen molar-refractivity contribution in [1.82, 2.24) is 0 Å². The maximum Gasteiger partial charge on any atom is 0.135 e. The van der Waals surface area contributed by atoms with Gasteiger partial charge in [0.05, 0.1) is 5.71 Å². The molecule has 0 fully saturated rings. The third-order valence-corrected chi connectivity index (χ3v) is 3.70. The molecule has 0 aliphatic rings. The van der Waals surface area contributed by atoms with Gasteiger partial charge >= 0.3 is 0 Å². The molecular formula is C15H14ClNO. The SMILES string of the molecule is CC(=NO)C(Cl)(c1ccccc1)c1ccccc1. The fourth-order valence-corrected chi connectivity index (χ4v) is 2.28. The zero-order valence-corrected chi connectivity index (χ0v) is 10.8. The average Bonchev–Trinajstić information content (AvgIpc) is 2.47. The number of hydrogen-bond donors (Lipinski definition) is 1. The minimum atomic E-state index is -0.933. The lowest BCUT2D eigenvalue weighted by molar-refractivity contribution is 0.316. The van der Waals surface area contributed by atoms with Gasteiger partial charge in [-0.25, -0.2) is 0 Å². The van der Waals surface area contributed by atoms with Crippen LogP contribution in [0, 0.1) is 0 Å². The minimum absolute atomic E-state index is 0.446. The second-order valence-electron chi connectivity index (χ2n) is 4.08. The second-order valence-corrected chi connectivity index (χ2v) is 4.64.